The molecule has 2 N–H and O–H groups in total. The number of benzene rings is 1. The first-order chi connectivity index (χ1) is 7.75. The van der Waals surface area contributed by atoms with Crippen molar-refractivity contribution in [3.63, 3.8) is 0 Å². The van der Waals surface area contributed by atoms with Gasteiger partial charge in [-0.25, -0.2) is 0 Å². The van der Waals surface area contributed by atoms with Crippen LogP contribution in [0.2, 0.25) is 0 Å². The van der Waals surface area contributed by atoms with Crippen LogP contribution in [0.4, 0.5) is 5.69 Å². The van der Waals surface area contributed by atoms with Crippen LogP contribution in [-0.4, -0.2) is 5.78 Å². The van der Waals surface area contributed by atoms with Crippen LogP contribution in [-0.2, 0) is 0 Å². The summed E-state index contributed by atoms with van der Waals surface area (Å²) in [5.41, 5.74) is 7.67. The molecule has 3 heteroatoms. The van der Waals surface area contributed by atoms with Gasteiger partial charge in [0.25, 0.3) is 0 Å². The molecular formula is C13H11NO2. The smallest absolute Gasteiger partial charge is 0.185 e. The van der Waals surface area contributed by atoms with Gasteiger partial charge in [-0.15, -0.1) is 0 Å². The van der Waals surface area contributed by atoms with Crippen molar-refractivity contribution < 1.29 is 9.21 Å². The fourth-order valence-corrected chi connectivity index (χ4v) is 1.29. The number of anilines is 1. The molecule has 0 spiro atoms. The second-order valence-electron chi connectivity index (χ2n) is 3.38. The first-order valence-electron chi connectivity index (χ1n) is 4.86. The maximum Gasteiger partial charge on any atom is 0.185 e. The Morgan fingerprint density at radius 1 is 1.19 bits per heavy atom. The van der Waals surface area contributed by atoms with Crippen molar-refractivity contribution >= 4 is 17.5 Å². The highest BCUT2D eigenvalue weighted by Crippen LogP contribution is 2.08. The molecule has 0 unspecified atom stereocenters. The van der Waals surface area contributed by atoms with Crippen molar-refractivity contribution in [3.05, 3.63) is 60.1 Å². The van der Waals surface area contributed by atoms with Crippen LogP contribution in [0.15, 0.2) is 53.4 Å². The number of allylic oxidation sites excluding steroid dienone is 1. The van der Waals surface area contributed by atoms with Gasteiger partial charge in [-0.3, -0.25) is 4.79 Å². The standard InChI is InChI=1S/C13H11NO2/c14-12-4-2-11(3-5-12)13(15)6-1-10-7-8-16-9-10/h1-9H,14H2/b6-1+. The molecule has 1 heterocycles. The Bertz CT molecular complexity index is 495. The van der Waals surface area contributed by atoms with Crippen molar-refractivity contribution in [1.82, 2.24) is 0 Å². The lowest BCUT2D eigenvalue weighted by Crippen LogP contribution is -1.94. The van der Waals surface area contributed by atoms with Gasteiger partial charge >= 0.3 is 0 Å². The number of carbonyl (C=O) groups excluding carboxylic acids is 1. The normalized spacial score (nSPS) is 10.8. The second kappa shape index (κ2) is 4.49. The quantitative estimate of drug-likeness (QED) is 0.484. The number of hydrogen-bond acceptors (Lipinski definition) is 3. The minimum Gasteiger partial charge on any atom is -0.472 e. The summed E-state index contributed by atoms with van der Waals surface area (Å²) in [6, 6.07) is 8.61. The fraction of sp³-hybridized carbons (Fsp3) is 0. The predicted octanol–water partition coefficient (Wildman–Crippen LogP) is 2.76. The third kappa shape index (κ3) is 2.39. The first-order valence-corrected chi connectivity index (χ1v) is 4.86. The maximum absolute atomic E-state index is 11.7. The monoisotopic (exact) mass is 213 g/mol. The average Bonchev–Trinajstić information content (AvgIpc) is 2.80. The van der Waals surface area contributed by atoms with Crippen LogP contribution in [0.5, 0.6) is 0 Å². The minimum atomic E-state index is -0.0544. The third-order valence-corrected chi connectivity index (χ3v) is 2.17. The lowest BCUT2D eigenvalue weighted by Gasteiger charge is -1.96. The first kappa shape index (κ1) is 10.2. The van der Waals surface area contributed by atoms with Crippen LogP contribution >= 0.6 is 0 Å². The second-order valence-corrected chi connectivity index (χ2v) is 3.38. The molecular weight excluding hydrogens is 202 g/mol. The molecule has 0 bridgehead atoms. The van der Waals surface area contributed by atoms with E-state index in [-0.39, 0.29) is 5.78 Å². The van der Waals surface area contributed by atoms with Gasteiger partial charge in [0.2, 0.25) is 0 Å². The number of nitrogens with two attached hydrogens (primary N) is 1. The molecule has 0 saturated carbocycles. The summed E-state index contributed by atoms with van der Waals surface area (Å²) in [5.74, 6) is -0.0544. The SMILES string of the molecule is Nc1ccc(C(=O)/C=C/c2ccoc2)cc1. The van der Waals surface area contributed by atoms with E-state index >= 15 is 0 Å². The summed E-state index contributed by atoms with van der Waals surface area (Å²) in [5, 5.41) is 0. The average molecular weight is 213 g/mol. The molecule has 0 aliphatic rings. The Balaban J connectivity index is 2.11. The number of carbonyl (C=O) groups is 1. The molecule has 0 radical (unpaired) electrons. The predicted molar refractivity (Wildman–Crippen MR) is 62.9 cm³/mol. The molecule has 16 heavy (non-hydrogen) atoms. The van der Waals surface area contributed by atoms with Crippen LogP contribution < -0.4 is 5.73 Å². The van der Waals surface area contributed by atoms with Crippen molar-refractivity contribution in [1.29, 1.82) is 0 Å². The highest BCUT2D eigenvalue weighted by Gasteiger charge is 2.00. The van der Waals surface area contributed by atoms with E-state index in [2.05, 4.69) is 0 Å². The van der Waals surface area contributed by atoms with Gasteiger partial charge in [0.05, 0.1) is 12.5 Å². The number of rotatable bonds is 3. The molecule has 2 rings (SSSR count). The van der Waals surface area contributed by atoms with E-state index in [4.69, 9.17) is 10.2 Å². The molecule has 0 amide bonds. The zero-order valence-electron chi connectivity index (χ0n) is 8.59. The molecule has 0 saturated heterocycles. The minimum absolute atomic E-state index is 0.0544. The summed E-state index contributed by atoms with van der Waals surface area (Å²) < 4.78 is 4.89. The zero-order valence-corrected chi connectivity index (χ0v) is 8.59. The number of ketones is 1. The van der Waals surface area contributed by atoms with Crippen molar-refractivity contribution in [2.75, 3.05) is 5.73 Å². The fourth-order valence-electron chi connectivity index (χ4n) is 1.29. The molecule has 0 aliphatic carbocycles. The Morgan fingerprint density at radius 2 is 1.94 bits per heavy atom. The Kier molecular flexibility index (Phi) is 2.87. The molecule has 0 fully saturated rings. The van der Waals surface area contributed by atoms with Crippen molar-refractivity contribution in [2.45, 2.75) is 0 Å². The third-order valence-electron chi connectivity index (χ3n) is 2.17. The Hall–Kier alpha value is -2.29. The van der Waals surface area contributed by atoms with Crippen LogP contribution in [0, 0.1) is 0 Å². The highest BCUT2D eigenvalue weighted by molar-refractivity contribution is 6.06. The van der Waals surface area contributed by atoms with Gasteiger partial charge in [0.1, 0.15) is 0 Å². The van der Waals surface area contributed by atoms with E-state index in [0.717, 1.165) is 5.56 Å². The topological polar surface area (TPSA) is 56.2 Å². The van der Waals surface area contributed by atoms with Crippen LogP contribution in [0.25, 0.3) is 6.08 Å². The molecule has 1 aromatic carbocycles. The van der Waals surface area contributed by atoms with Gasteiger partial charge in [0.15, 0.2) is 5.78 Å². The highest BCUT2D eigenvalue weighted by atomic mass is 16.3. The summed E-state index contributed by atoms with van der Waals surface area (Å²) >= 11 is 0. The van der Waals surface area contributed by atoms with E-state index in [9.17, 15) is 4.79 Å². The van der Waals surface area contributed by atoms with Gasteiger partial charge in [-0.2, -0.15) is 0 Å². The molecule has 2 aromatic rings. The molecule has 0 atom stereocenters. The molecule has 80 valence electrons. The lowest BCUT2D eigenvalue weighted by molar-refractivity contribution is 0.104. The number of nitrogen functional groups attached to an aromatic ring is 1. The zero-order chi connectivity index (χ0) is 11.4. The van der Waals surface area contributed by atoms with Crippen LogP contribution in [0.3, 0.4) is 0 Å². The molecule has 0 aliphatic heterocycles. The summed E-state index contributed by atoms with van der Waals surface area (Å²) in [6.07, 6.45) is 6.36. The van der Waals surface area contributed by atoms with E-state index in [1.54, 1.807) is 48.9 Å². The van der Waals surface area contributed by atoms with Gasteiger partial charge in [0, 0.05) is 16.8 Å². The Morgan fingerprint density at radius 3 is 2.56 bits per heavy atom. The molecule has 3 nitrogen and oxygen atoms in total. The van der Waals surface area contributed by atoms with Crippen LogP contribution in [0.1, 0.15) is 15.9 Å². The van der Waals surface area contributed by atoms with Gasteiger partial charge in [-0.05, 0) is 42.5 Å². The largest absolute Gasteiger partial charge is 0.472 e. The van der Waals surface area contributed by atoms with E-state index in [1.165, 1.54) is 6.08 Å². The summed E-state index contributed by atoms with van der Waals surface area (Å²) in [6.45, 7) is 0. The van der Waals surface area contributed by atoms with E-state index in [1.807, 2.05) is 0 Å². The van der Waals surface area contributed by atoms with Crippen molar-refractivity contribution in [2.24, 2.45) is 0 Å². The summed E-state index contributed by atoms with van der Waals surface area (Å²) in [4.78, 5) is 11.7. The maximum atomic E-state index is 11.7. The lowest BCUT2D eigenvalue weighted by atomic mass is 10.1. The van der Waals surface area contributed by atoms with Crippen molar-refractivity contribution in [3.8, 4) is 0 Å². The number of furan rings is 1. The Labute approximate surface area is 93.2 Å². The van der Waals surface area contributed by atoms with E-state index < -0.39 is 0 Å². The van der Waals surface area contributed by atoms with E-state index in [0.29, 0.717) is 11.3 Å². The molecule has 1 aromatic heterocycles. The number of hydrogen-bond donors (Lipinski definition) is 1. The van der Waals surface area contributed by atoms with Gasteiger partial charge < -0.3 is 10.2 Å². The summed E-state index contributed by atoms with van der Waals surface area (Å²) in [7, 11) is 0. The van der Waals surface area contributed by atoms with Gasteiger partial charge in [-0.1, -0.05) is 0 Å².